The van der Waals surface area contributed by atoms with Gasteiger partial charge in [-0.05, 0) is 25.0 Å². The Bertz CT molecular complexity index is 870. The Hall–Kier alpha value is -3.42. The van der Waals surface area contributed by atoms with E-state index in [0.717, 1.165) is 18.1 Å². The van der Waals surface area contributed by atoms with Crippen LogP contribution in [-0.2, 0) is 9.53 Å². The number of amides is 1. The second-order valence-corrected chi connectivity index (χ2v) is 6.55. The van der Waals surface area contributed by atoms with Crippen LogP contribution in [0.5, 0.6) is 0 Å². The predicted octanol–water partition coefficient (Wildman–Crippen LogP) is 3.49. The summed E-state index contributed by atoms with van der Waals surface area (Å²) >= 11 is 0. The van der Waals surface area contributed by atoms with Gasteiger partial charge in [-0.3, -0.25) is 14.9 Å². The first-order valence-electron chi connectivity index (χ1n) is 9.37. The Labute approximate surface area is 169 Å². The van der Waals surface area contributed by atoms with Crippen molar-refractivity contribution in [1.29, 1.82) is 0 Å². The number of carbonyl (C=O) groups excluding carboxylic acids is 2. The summed E-state index contributed by atoms with van der Waals surface area (Å²) in [6.07, 6.45) is -0.197. The molecule has 154 valence electrons. The quantitative estimate of drug-likeness (QED) is 0.379. The van der Waals surface area contributed by atoms with Crippen LogP contribution in [0.4, 0.5) is 11.4 Å². The maximum Gasteiger partial charge on any atom is 0.341 e. The van der Waals surface area contributed by atoms with Gasteiger partial charge in [-0.1, -0.05) is 37.3 Å². The molecule has 0 saturated heterocycles. The number of nitro groups is 1. The number of nitrogens with zero attached hydrogens (tertiary/aromatic N) is 1. The summed E-state index contributed by atoms with van der Waals surface area (Å²) in [5.74, 6) is -1.09. The number of nitrogens with one attached hydrogen (secondary N) is 2. The molecular weight excluding hydrogens is 374 g/mol. The van der Waals surface area contributed by atoms with E-state index in [-0.39, 0.29) is 17.2 Å². The van der Waals surface area contributed by atoms with Crippen LogP contribution in [0.15, 0.2) is 48.5 Å². The van der Waals surface area contributed by atoms with Crippen LogP contribution in [0.25, 0.3) is 0 Å². The first-order chi connectivity index (χ1) is 13.9. The molecule has 0 aromatic heterocycles. The van der Waals surface area contributed by atoms with Gasteiger partial charge in [0.05, 0.1) is 10.5 Å². The van der Waals surface area contributed by atoms with Gasteiger partial charge in [0.15, 0.2) is 6.10 Å². The van der Waals surface area contributed by atoms with Crippen molar-refractivity contribution in [2.75, 3.05) is 18.9 Å². The molecule has 0 spiro atoms. The van der Waals surface area contributed by atoms with Gasteiger partial charge in [-0.15, -0.1) is 0 Å². The minimum atomic E-state index is -1.04. The highest BCUT2D eigenvalue weighted by Gasteiger charge is 2.23. The highest BCUT2D eigenvalue weighted by molar-refractivity contribution is 5.98. The lowest BCUT2D eigenvalue weighted by atomic mass is 9.96. The summed E-state index contributed by atoms with van der Waals surface area (Å²) < 4.78 is 5.23. The minimum absolute atomic E-state index is 0.00271. The van der Waals surface area contributed by atoms with Crippen LogP contribution in [0.3, 0.4) is 0 Å². The van der Waals surface area contributed by atoms with Crippen LogP contribution in [0, 0.1) is 10.1 Å². The Kier molecular flexibility index (Phi) is 7.70. The largest absolute Gasteiger partial charge is 0.449 e. The van der Waals surface area contributed by atoms with Crippen molar-refractivity contribution in [3.05, 3.63) is 69.8 Å². The number of non-ortho nitro benzene ring substituents is 1. The van der Waals surface area contributed by atoms with Crippen molar-refractivity contribution in [3.8, 4) is 0 Å². The number of ether oxygens (including phenoxy) is 1. The maximum absolute atomic E-state index is 12.5. The molecule has 2 aromatic rings. The Morgan fingerprint density at radius 2 is 1.86 bits per heavy atom. The van der Waals surface area contributed by atoms with Crippen LogP contribution >= 0.6 is 0 Å². The van der Waals surface area contributed by atoms with E-state index in [1.807, 2.05) is 37.3 Å². The first kappa shape index (κ1) is 21.9. The molecule has 2 atom stereocenters. The Morgan fingerprint density at radius 1 is 1.17 bits per heavy atom. The topological polar surface area (TPSA) is 111 Å². The summed E-state index contributed by atoms with van der Waals surface area (Å²) in [6.45, 7) is 3.92. The van der Waals surface area contributed by atoms with E-state index in [4.69, 9.17) is 4.74 Å². The Balaban J connectivity index is 2.01. The predicted molar refractivity (Wildman–Crippen MR) is 110 cm³/mol. The van der Waals surface area contributed by atoms with Gasteiger partial charge in [-0.2, -0.15) is 0 Å². The number of nitro benzene ring substituents is 1. The second kappa shape index (κ2) is 10.2. The SMILES string of the molecule is CC[C@H](CNC(=O)[C@H](C)OC(=O)c1cc([N+](=O)[O-])ccc1NC)c1ccccc1. The van der Waals surface area contributed by atoms with Crippen LogP contribution in [-0.4, -0.2) is 36.5 Å². The molecule has 8 nitrogen and oxygen atoms in total. The maximum atomic E-state index is 12.5. The zero-order valence-corrected chi connectivity index (χ0v) is 16.7. The van der Waals surface area contributed by atoms with Crippen molar-refractivity contribution < 1.29 is 19.2 Å². The average molecular weight is 399 g/mol. The van der Waals surface area contributed by atoms with Gasteiger partial charge in [0.2, 0.25) is 0 Å². The van der Waals surface area contributed by atoms with Gasteiger partial charge >= 0.3 is 5.97 Å². The molecule has 0 saturated carbocycles. The number of anilines is 1. The third kappa shape index (κ3) is 5.78. The third-order valence-corrected chi connectivity index (χ3v) is 4.64. The highest BCUT2D eigenvalue weighted by atomic mass is 16.6. The normalized spacial score (nSPS) is 12.5. The van der Waals surface area contributed by atoms with Crippen LogP contribution in [0.2, 0.25) is 0 Å². The average Bonchev–Trinajstić information content (AvgIpc) is 2.74. The van der Waals surface area contributed by atoms with Gasteiger partial charge in [0, 0.05) is 37.3 Å². The second-order valence-electron chi connectivity index (χ2n) is 6.55. The molecule has 2 rings (SSSR count). The fourth-order valence-corrected chi connectivity index (χ4v) is 2.90. The summed E-state index contributed by atoms with van der Waals surface area (Å²) in [5, 5.41) is 16.6. The summed E-state index contributed by atoms with van der Waals surface area (Å²) in [6, 6.07) is 13.7. The monoisotopic (exact) mass is 399 g/mol. The van der Waals surface area contributed by atoms with E-state index in [1.54, 1.807) is 7.05 Å². The van der Waals surface area contributed by atoms with Gasteiger partial charge in [-0.25, -0.2) is 4.79 Å². The summed E-state index contributed by atoms with van der Waals surface area (Å²) in [5.41, 5.74) is 1.26. The molecule has 0 aliphatic rings. The Morgan fingerprint density at radius 3 is 2.45 bits per heavy atom. The smallest absolute Gasteiger partial charge is 0.341 e. The number of benzene rings is 2. The van der Waals surface area contributed by atoms with Crippen molar-refractivity contribution >= 4 is 23.3 Å². The van der Waals surface area contributed by atoms with Crippen LogP contribution in [0.1, 0.15) is 42.1 Å². The molecule has 0 bridgehead atoms. The molecule has 0 aliphatic heterocycles. The lowest BCUT2D eigenvalue weighted by Gasteiger charge is -2.19. The van der Waals surface area contributed by atoms with Crippen LogP contribution < -0.4 is 10.6 Å². The summed E-state index contributed by atoms with van der Waals surface area (Å²) in [7, 11) is 1.59. The molecule has 0 fully saturated rings. The molecule has 2 aromatic carbocycles. The molecule has 1 amide bonds. The zero-order valence-electron chi connectivity index (χ0n) is 16.7. The minimum Gasteiger partial charge on any atom is -0.449 e. The van der Waals surface area contributed by atoms with Crippen molar-refractivity contribution in [2.24, 2.45) is 0 Å². The standard InChI is InChI=1S/C21H25N3O5/c1-4-15(16-8-6-5-7-9-16)13-23-20(25)14(2)29-21(26)18-12-17(24(27)28)10-11-19(18)22-3/h5-12,14-15,22H,4,13H2,1-3H3,(H,23,25)/t14-,15+/m0/s1. The third-order valence-electron chi connectivity index (χ3n) is 4.64. The molecule has 0 aliphatic carbocycles. The van der Waals surface area contributed by atoms with Gasteiger partial charge < -0.3 is 15.4 Å². The number of hydrogen-bond donors (Lipinski definition) is 2. The highest BCUT2D eigenvalue weighted by Crippen LogP contribution is 2.23. The fourth-order valence-electron chi connectivity index (χ4n) is 2.90. The molecule has 0 radical (unpaired) electrons. The molecule has 0 unspecified atom stereocenters. The van der Waals surface area contributed by atoms with Gasteiger partial charge in [0.1, 0.15) is 0 Å². The fraction of sp³-hybridized carbons (Fsp3) is 0.333. The molecule has 29 heavy (non-hydrogen) atoms. The first-order valence-corrected chi connectivity index (χ1v) is 9.37. The lowest BCUT2D eigenvalue weighted by molar-refractivity contribution is -0.384. The number of rotatable bonds is 9. The summed E-state index contributed by atoms with van der Waals surface area (Å²) in [4.78, 5) is 35.2. The van der Waals surface area contributed by atoms with E-state index in [2.05, 4.69) is 10.6 Å². The zero-order chi connectivity index (χ0) is 21.4. The van der Waals surface area contributed by atoms with Gasteiger partial charge in [0.25, 0.3) is 11.6 Å². The van der Waals surface area contributed by atoms with Crippen molar-refractivity contribution in [3.63, 3.8) is 0 Å². The number of esters is 1. The van der Waals surface area contributed by atoms with E-state index in [1.165, 1.54) is 19.1 Å². The number of hydrogen-bond acceptors (Lipinski definition) is 6. The van der Waals surface area contributed by atoms with Crippen molar-refractivity contribution in [2.45, 2.75) is 32.3 Å². The molecule has 8 heteroatoms. The molecular formula is C21H25N3O5. The molecule has 2 N–H and O–H groups in total. The van der Waals surface area contributed by atoms with E-state index in [9.17, 15) is 19.7 Å². The lowest BCUT2D eigenvalue weighted by Crippen LogP contribution is -2.38. The van der Waals surface area contributed by atoms with E-state index in [0.29, 0.717) is 12.2 Å². The van der Waals surface area contributed by atoms with E-state index >= 15 is 0 Å². The number of carbonyl (C=O) groups is 2. The molecule has 0 heterocycles. The van der Waals surface area contributed by atoms with Crippen molar-refractivity contribution in [1.82, 2.24) is 5.32 Å². The van der Waals surface area contributed by atoms with E-state index < -0.39 is 22.9 Å².